The molecule has 1 unspecified atom stereocenters. The molecule has 1 aliphatic heterocycles. The van der Waals surface area contributed by atoms with E-state index in [2.05, 4.69) is 72.7 Å². The quantitative estimate of drug-likeness (QED) is 0.397. The number of nitrogens with one attached hydrogen (secondary N) is 1. The summed E-state index contributed by atoms with van der Waals surface area (Å²) in [6.45, 7) is 20.8. The van der Waals surface area contributed by atoms with Gasteiger partial charge >= 0.3 is 5.69 Å². The SMILES string of the molecule is CC(C)(C)[Si](C)(C)OC[C@@]1(F)O[C@@H](n2ccc(=S)[nH]c2=O)CC1O[Si](C)(C)C(C)(C)C. The average Bonchev–Trinajstić information content (AvgIpc) is 2.87. The summed E-state index contributed by atoms with van der Waals surface area (Å²) in [5.41, 5.74) is -0.432. The molecular weight excluding hydrogens is 451 g/mol. The standard InChI is InChI=1S/C21H39FN2O4SSi2/c1-19(2,3)30(7,8)26-14-21(22)15(28-31(9,10)20(4,5)6)13-17(27-21)24-12-11-16(29)23-18(24)25/h11-12,15,17H,13-14H2,1-10H3,(H,23,25,29)/t15?,17-,21-/m1/s1. The second kappa shape index (κ2) is 8.60. The normalized spacial score (nSPS) is 25.8. The highest BCUT2D eigenvalue weighted by Gasteiger charge is 2.55. The van der Waals surface area contributed by atoms with Crippen LogP contribution >= 0.6 is 12.2 Å². The van der Waals surface area contributed by atoms with E-state index in [0.29, 0.717) is 4.64 Å². The Kier molecular flexibility index (Phi) is 7.38. The van der Waals surface area contributed by atoms with Crippen molar-refractivity contribution in [1.29, 1.82) is 0 Å². The summed E-state index contributed by atoms with van der Waals surface area (Å²) in [7, 11) is -4.52. The van der Waals surface area contributed by atoms with E-state index in [0.717, 1.165) is 0 Å². The first-order valence-corrected chi connectivity index (χ1v) is 17.0. The van der Waals surface area contributed by atoms with Crippen LogP contribution in [0.1, 0.15) is 54.2 Å². The van der Waals surface area contributed by atoms with Gasteiger partial charge in [-0.15, -0.1) is 0 Å². The lowest BCUT2D eigenvalue weighted by Gasteiger charge is -2.42. The predicted molar refractivity (Wildman–Crippen MR) is 130 cm³/mol. The highest BCUT2D eigenvalue weighted by molar-refractivity contribution is 7.71. The summed E-state index contributed by atoms with van der Waals surface area (Å²) < 4.78 is 36.6. The van der Waals surface area contributed by atoms with Crippen LogP contribution in [0.2, 0.25) is 36.3 Å². The first-order valence-electron chi connectivity index (χ1n) is 10.8. The van der Waals surface area contributed by atoms with E-state index in [1.165, 1.54) is 10.8 Å². The van der Waals surface area contributed by atoms with Gasteiger partial charge in [-0.05, 0) is 42.3 Å². The molecule has 0 bridgehead atoms. The second-order valence-electron chi connectivity index (χ2n) is 11.5. The van der Waals surface area contributed by atoms with Gasteiger partial charge in [0, 0.05) is 12.6 Å². The summed E-state index contributed by atoms with van der Waals surface area (Å²) >= 11 is 5.01. The Labute approximate surface area is 192 Å². The minimum absolute atomic E-state index is 0.0671. The molecule has 1 N–H and O–H groups in total. The highest BCUT2D eigenvalue weighted by Crippen LogP contribution is 2.46. The minimum Gasteiger partial charge on any atom is -0.411 e. The van der Waals surface area contributed by atoms with E-state index < -0.39 is 40.5 Å². The maximum Gasteiger partial charge on any atom is 0.328 e. The van der Waals surface area contributed by atoms with Crippen LogP contribution < -0.4 is 5.69 Å². The zero-order valence-corrected chi connectivity index (χ0v) is 23.4. The van der Waals surface area contributed by atoms with E-state index in [1.54, 1.807) is 6.07 Å². The molecule has 1 aromatic rings. The van der Waals surface area contributed by atoms with Gasteiger partial charge in [0.25, 0.3) is 5.85 Å². The second-order valence-corrected chi connectivity index (χ2v) is 21.5. The summed E-state index contributed by atoms with van der Waals surface area (Å²) in [5, 5.41) is -0.163. The van der Waals surface area contributed by atoms with Crippen LogP contribution in [0.3, 0.4) is 0 Å². The molecule has 1 aliphatic rings. The molecular formula is C21H39FN2O4SSi2. The number of H-pyrrole nitrogens is 1. The third kappa shape index (κ3) is 5.83. The van der Waals surface area contributed by atoms with E-state index >= 15 is 4.39 Å². The van der Waals surface area contributed by atoms with E-state index in [4.69, 9.17) is 25.8 Å². The van der Waals surface area contributed by atoms with Crippen molar-refractivity contribution in [3.05, 3.63) is 27.4 Å². The Bertz CT molecular complexity index is 904. The molecule has 3 atom stereocenters. The lowest BCUT2D eigenvalue weighted by molar-refractivity contribution is -0.202. The summed E-state index contributed by atoms with van der Waals surface area (Å²) in [4.78, 5) is 15.0. The van der Waals surface area contributed by atoms with Crippen molar-refractivity contribution in [1.82, 2.24) is 9.55 Å². The number of hydrogen-bond donors (Lipinski definition) is 1. The molecule has 1 fully saturated rings. The molecule has 0 radical (unpaired) electrons. The first kappa shape index (κ1) is 26.6. The highest BCUT2D eigenvalue weighted by atomic mass is 32.1. The van der Waals surface area contributed by atoms with Crippen LogP contribution in [0, 0.1) is 4.64 Å². The first-order chi connectivity index (χ1) is 13.8. The third-order valence-electron chi connectivity index (χ3n) is 7.07. The van der Waals surface area contributed by atoms with Crippen molar-refractivity contribution in [2.24, 2.45) is 0 Å². The van der Waals surface area contributed by atoms with Crippen LogP contribution in [-0.4, -0.2) is 44.8 Å². The van der Waals surface area contributed by atoms with Gasteiger partial charge in [0.15, 0.2) is 16.6 Å². The molecule has 1 aromatic heterocycles. The van der Waals surface area contributed by atoms with Crippen molar-refractivity contribution < 1.29 is 18.0 Å². The van der Waals surface area contributed by atoms with Crippen molar-refractivity contribution >= 4 is 28.9 Å². The Morgan fingerprint density at radius 1 is 1.19 bits per heavy atom. The van der Waals surface area contributed by atoms with E-state index in [-0.39, 0.29) is 23.1 Å². The Balaban J connectivity index is 2.38. The maximum absolute atomic E-state index is 16.4. The van der Waals surface area contributed by atoms with Crippen LogP contribution in [0.4, 0.5) is 4.39 Å². The number of aromatic nitrogens is 2. The lowest BCUT2D eigenvalue weighted by atomic mass is 10.1. The summed E-state index contributed by atoms with van der Waals surface area (Å²) in [6, 6.07) is 1.59. The van der Waals surface area contributed by atoms with Gasteiger partial charge in [-0.2, -0.15) is 0 Å². The Morgan fingerprint density at radius 2 is 1.74 bits per heavy atom. The van der Waals surface area contributed by atoms with E-state index in [9.17, 15) is 4.79 Å². The molecule has 2 rings (SSSR count). The number of ether oxygens (including phenoxy) is 1. The number of aromatic amines is 1. The molecule has 1 saturated heterocycles. The average molecular weight is 491 g/mol. The van der Waals surface area contributed by atoms with Gasteiger partial charge < -0.3 is 13.6 Å². The topological polar surface area (TPSA) is 65.5 Å². The van der Waals surface area contributed by atoms with Crippen LogP contribution in [0.15, 0.2) is 17.1 Å². The lowest BCUT2D eigenvalue weighted by Crippen LogP contribution is -2.52. The maximum atomic E-state index is 16.4. The van der Waals surface area contributed by atoms with Gasteiger partial charge in [0.05, 0.1) is 6.61 Å². The third-order valence-corrected chi connectivity index (χ3v) is 16.3. The number of rotatable bonds is 6. The summed E-state index contributed by atoms with van der Waals surface area (Å²) in [5.74, 6) is -2.15. The molecule has 0 amide bonds. The van der Waals surface area contributed by atoms with E-state index in [1.807, 2.05) is 0 Å². The molecule has 178 valence electrons. The van der Waals surface area contributed by atoms with Gasteiger partial charge in [-0.1, -0.05) is 53.8 Å². The van der Waals surface area contributed by atoms with Gasteiger partial charge in [0.2, 0.25) is 0 Å². The largest absolute Gasteiger partial charge is 0.411 e. The number of nitrogens with zero attached hydrogens (tertiary/aromatic N) is 1. The molecule has 6 nitrogen and oxygen atoms in total. The van der Waals surface area contributed by atoms with Crippen LogP contribution in [-0.2, 0) is 13.6 Å². The molecule has 0 spiro atoms. The molecule has 10 heteroatoms. The van der Waals surface area contributed by atoms with Gasteiger partial charge in [0.1, 0.15) is 17.0 Å². The van der Waals surface area contributed by atoms with Crippen LogP contribution in [0.5, 0.6) is 0 Å². The van der Waals surface area contributed by atoms with Crippen molar-refractivity contribution in [2.75, 3.05) is 6.61 Å². The molecule has 31 heavy (non-hydrogen) atoms. The zero-order chi connectivity index (χ0) is 24.0. The molecule has 0 aliphatic carbocycles. The summed E-state index contributed by atoms with van der Waals surface area (Å²) in [6.07, 6.45) is 0.115. The van der Waals surface area contributed by atoms with Crippen molar-refractivity contribution in [3.63, 3.8) is 0 Å². The number of hydrogen-bond acceptors (Lipinski definition) is 5. The molecule has 0 saturated carbocycles. The fourth-order valence-corrected chi connectivity index (χ4v) is 5.30. The van der Waals surface area contributed by atoms with Crippen molar-refractivity contribution in [3.8, 4) is 0 Å². The Morgan fingerprint density at radius 3 is 2.23 bits per heavy atom. The molecule has 2 heterocycles. The number of alkyl halides is 1. The van der Waals surface area contributed by atoms with Crippen molar-refractivity contribution in [2.45, 2.75) is 102 Å². The fourth-order valence-electron chi connectivity index (χ4n) is 2.82. The predicted octanol–water partition coefficient (Wildman–Crippen LogP) is 5.90. The molecule has 0 aromatic carbocycles. The van der Waals surface area contributed by atoms with Crippen LogP contribution in [0.25, 0.3) is 0 Å². The smallest absolute Gasteiger partial charge is 0.328 e. The minimum atomic E-state index is -2.30. The Hall–Kier alpha value is -0.656. The number of halogens is 1. The zero-order valence-electron chi connectivity index (χ0n) is 20.6. The van der Waals surface area contributed by atoms with Gasteiger partial charge in [-0.3, -0.25) is 9.55 Å². The van der Waals surface area contributed by atoms with Gasteiger partial charge in [-0.25, -0.2) is 9.18 Å². The fraction of sp³-hybridized carbons (Fsp3) is 0.810. The monoisotopic (exact) mass is 490 g/mol.